The van der Waals surface area contributed by atoms with E-state index in [4.69, 9.17) is 4.74 Å². The van der Waals surface area contributed by atoms with Crippen molar-refractivity contribution in [1.29, 1.82) is 0 Å². The standard InChI is InChI=1S/C18H23BrN2O2/c1-18(2)12-15(7-10-23-18)20-17(22)6-9-21-8-5-13-3-4-14(19)11-16(13)21/h3-5,8,11,15H,6-7,9-10,12H2,1-2H3,(H,20,22)/t15-/m1/s1. The van der Waals surface area contributed by atoms with Crippen LogP contribution in [0.25, 0.3) is 10.9 Å². The minimum atomic E-state index is -0.140. The van der Waals surface area contributed by atoms with Gasteiger partial charge < -0.3 is 14.6 Å². The van der Waals surface area contributed by atoms with Gasteiger partial charge in [0.1, 0.15) is 0 Å². The molecule has 0 saturated carbocycles. The summed E-state index contributed by atoms with van der Waals surface area (Å²) in [6, 6.07) is 8.52. The van der Waals surface area contributed by atoms with Gasteiger partial charge in [-0.25, -0.2) is 0 Å². The highest BCUT2D eigenvalue weighted by Gasteiger charge is 2.29. The molecule has 1 amide bonds. The van der Waals surface area contributed by atoms with E-state index < -0.39 is 0 Å². The van der Waals surface area contributed by atoms with Crippen molar-refractivity contribution in [3.05, 3.63) is 34.9 Å². The van der Waals surface area contributed by atoms with Crippen molar-refractivity contribution in [2.75, 3.05) is 6.61 Å². The second-order valence-corrected chi connectivity index (χ2v) is 7.74. The van der Waals surface area contributed by atoms with Crippen LogP contribution in [0.1, 0.15) is 33.1 Å². The molecule has 1 aromatic heterocycles. The summed E-state index contributed by atoms with van der Waals surface area (Å²) in [7, 11) is 0. The van der Waals surface area contributed by atoms with Crippen molar-refractivity contribution in [1.82, 2.24) is 9.88 Å². The van der Waals surface area contributed by atoms with E-state index in [-0.39, 0.29) is 17.6 Å². The number of fused-ring (bicyclic) bond motifs is 1. The Morgan fingerprint density at radius 1 is 1.43 bits per heavy atom. The Kier molecular flexibility index (Phi) is 4.78. The fourth-order valence-electron chi connectivity index (χ4n) is 3.23. The number of amides is 1. The van der Waals surface area contributed by atoms with Crippen molar-refractivity contribution >= 4 is 32.7 Å². The molecule has 124 valence electrons. The highest BCUT2D eigenvalue weighted by atomic mass is 79.9. The zero-order valence-electron chi connectivity index (χ0n) is 13.6. The van der Waals surface area contributed by atoms with Gasteiger partial charge >= 0.3 is 0 Å². The predicted octanol–water partition coefficient (Wildman–Crippen LogP) is 3.87. The number of benzene rings is 1. The number of ether oxygens (including phenoxy) is 1. The first-order valence-electron chi connectivity index (χ1n) is 8.11. The van der Waals surface area contributed by atoms with Gasteiger partial charge in [0.2, 0.25) is 5.91 Å². The van der Waals surface area contributed by atoms with Crippen molar-refractivity contribution in [2.45, 2.75) is 51.3 Å². The number of nitrogens with one attached hydrogen (secondary N) is 1. The first-order chi connectivity index (χ1) is 10.9. The largest absolute Gasteiger partial charge is 0.375 e. The molecule has 4 nitrogen and oxygen atoms in total. The van der Waals surface area contributed by atoms with Gasteiger partial charge in [0.05, 0.1) is 5.60 Å². The molecule has 0 radical (unpaired) electrons. The summed E-state index contributed by atoms with van der Waals surface area (Å²) in [5.74, 6) is 0.115. The summed E-state index contributed by atoms with van der Waals surface area (Å²) in [4.78, 5) is 12.2. The van der Waals surface area contributed by atoms with Crippen LogP contribution in [0.4, 0.5) is 0 Å². The minimum absolute atomic E-state index is 0.115. The average Bonchev–Trinajstić information content (AvgIpc) is 2.86. The minimum Gasteiger partial charge on any atom is -0.375 e. The van der Waals surface area contributed by atoms with E-state index in [0.29, 0.717) is 19.6 Å². The first-order valence-corrected chi connectivity index (χ1v) is 8.90. The number of aromatic nitrogens is 1. The molecule has 1 saturated heterocycles. The van der Waals surface area contributed by atoms with Crippen LogP contribution in [0.5, 0.6) is 0 Å². The van der Waals surface area contributed by atoms with E-state index in [9.17, 15) is 4.79 Å². The Labute approximate surface area is 145 Å². The van der Waals surface area contributed by atoms with Crippen molar-refractivity contribution < 1.29 is 9.53 Å². The molecular weight excluding hydrogens is 356 g/mol. The van der Waals surface area contributed by atoms with Crippen LogP contribution in [0, 0.1) is 0 Å². The fourth-order valence-corrected chi connectivity index (χ4v) is 3.58. The van der Waals surface area contributed by atoms with E-state index in [1.807, 2.05) is 12.3 Å². The summed E-state index contributed by atoms with van der Waals surface area (Å²) >= 11 is 3.50. The molecule has 0 aliphatic carbocycles. The Balaban J connectivity index is 1.57. The number of halogens is 1. The molecule has 1 aliphatic rings. The van der Waals surface area contributed by atoms with E-state index >= 15 is 0 Å². The fraction of sp³-hybridized carbons (Fsp3) is 0.500. The smallest absolute Gasteiger partial charge is 0.222 e. The quantitative estimate of drug-likeness (QED) is 0.877. The molecular formula is C18H23BrN2O2. The number of hydrogen-bond donors (Lipinski definition) is 1. The molecule has 0 spiro atoms. The summed E-state index contributed by atoms with van der Waals surface area (Å²) in [5.41, 5.74) is 1.01. The van der Waals surface area contributed by atoms with Crippen LogP contribution in [-0.4, -0.2) is 28.7 Å². The van der Waals surface area contributed by atoms with Crippen LogP contribution < -0.4 is 5.32 Å². The Morgan fingerprint density at radius 3 is 3.04 bits per heavy atom. The number of rotatable bonds is 4. The van der Waals surface area contributed by atoms with Crippen LogP contribution in [0.15, 0.2) is 34.9 Å². The van der Waals surface area contributed by atoms with Gasteiger partial charge in [-0.3, -0.25) is 4.79 Å². The third-order valence-electron chi connectivity index (χ3n) is 4.38. The SMILES string of the molecule is CC1(C)C[C@H](NC(=O)CCn2ccc3ccc(Br)cc32)CCO1. The first kappa shape index (κ1) is 16.5. The second-order valence-electron chi connectivity index (χ2n) is 6.83. The zero-order valence-corrected chi connectivity index (χ0v) is 15.2. The van der Waals surface area contributed by atoms with E-state index in [2.05, 4.69) is 57.9 Å². The number of carbonyl (C=O) groups is 1. The molecule has 2 heterocycles. The zero-order chi connectivity index (χ0) is 16.4. The van der Waals surface area contributed by atoms with Crippen LogP contribution in [0.2, 0.25) is 0 Å². The molecule has 23 heavy (non-hydrogen) atoms. The molecule has 1 aliphatic heterocycles. The molecule has 0 bridgehead atoms. The maximum atomic E-state index is 12.2. The second kappa shape index (κ2) is 6.65. The average molecular weight is 379 g/mol. The van der Waals surface area contributed by atoms with Gasteiger partial charge in [0.25, 0.3) is 0 Å². The summed E-state index contributed by atoms with van der Waals surface area (Å²) < 4.78 is 8.88. The lowest BCUT2D eigenvalue weighted by Gasteiger charge is -2.35. The number of hydrogen-bond acceptors (Lipinski definition) is 2. The van der Waals surface area contributed by atoms with E-state index in [1.165, 1.54) is 5.39 Å². The summed E-state index contributed by atoms with van der Waals surface area (Å²) in [6.07, 6.45) is 4.31. The highest BCUT2D eigenvalue weighted by Crippen LogP contribution is 2.24. The predicted molar refractivity (Wildman–Crippen MR) is 95.5 cm³/mol. The maximum Gasteiger partial charge on any atom is 0.222 e. The Bertz CT molecular complexity index is 708. The van der Waals surface area contributed by atoms with Crippen LogP contribution in [0.3, 0.4) is 0 Å². The lowest BCUT2D eigenvalue weighted by Crippen LogP contribution is -2.45. The van der Waals surface area contributed by atoms with Gasteiger partial charge in [-0.1, -0.05) is 22.0 Å². The molecule has 3 rings (SSSR count). The van der Waals surface area contributed by atoms with Crippen molar-refractivity contribution in [3.8, 4) is 0 Å². The molecule has 5 heteroatoms. The van der Waals surface area contributed by atoms with Gasteiger partial charge in [0.15, 0.2) is 0 Å². The molecule has 1 aromatic carbocycles. The van der Waals surface area contributed by atoms with Crippen molar-refractivity contribution in [3.63, 3.8) is 0 Å². The van der Waals surface area contributed by atoms with Gasteiger partial charge in [-0.2, -0.15) is 0 Å². The molecule has 1 fully saturated rings. The lowest BCUT2D eigenvalue weighted by molar-refractivity contribution is -0.124. The molecule has 1 N–H and O–H groups in total. The summed E-state index contributed by atoms with van der Waals surface area (Å²) in [6.45, 7) is 5.57. The Hall–Kier alpha value is -1.33. The topological polar surface area (TPSA) is 43.3 Å². The van der Waals surface area contributed by atoms with Crippen LogP contribution >= 0.6 is 15.9 Å². The van der Waals surface area contributed by atoms with Gasteiger partial charge in [-0.05, 0) is 50.3 Å². The third kappa shape index (κ3) is 4.15. The van der Waals surface area contributed by atoms with E-state index in [1.54, 1.807) is 0 Å². The molecule has 0 unspecified atom stereocenters. The van der Waals surface area contributed by atoms with Gasteiger partial charge in [0, 0.05) is 41.8 Å². The third-order valence-corrected chi connectivity index (χ3v) is 4.87. The number of nitrogens with zero attached hydrogens (tertiary/aromatic N) is 1. The molecule has 2 aromatic rings. The van der Waals surface area contributed by atoms with Gasteiger partial charge in [-0.15, -0.1) is 0 Å². The van der Waals surface area contributed by atoms with Crippen LogP contribution in [-0.2, 0) is 16.1 Å². The van der Waals surface area contributed by atoms with Crippen molar-refractivity contribution in [2.24, 2.45) is 0 Å². The maximum absolute atomic E-state index is 12.2. The Morgan fingerprint density at radius 2 is 2.26 bits per heavy atom. The summed E-state index contributed by atoms with van der Waals surface area (Å²) in [5, 5.41) is 4.35. The van der Waals surface area contributed by atoms with E-state index in [0.717, 1.165) is 22.8 Å². The normalized spacial score (nSPS) is 20.6. The lowest BCUT2D eigenvalue weighted by atomic mass is 9.94. The molecule has 1 atom stereocenters. The monoisotopic (exact) mass is 378 g/mol. The number of aryl methyl sites for hydroxylation is 1. The highest BCUT2D eigenvalue weighted by molar-refractivity contribution is 9.10. The number of carbonyl (C=O) groups excluding carboxylic acids is 1.